The highest BCUT2D eigenvalue weighted by Gasteiger charge is 2.28. The smallest absolute Gasteiger partial charge is 0.339 e. The van der Waals surface area contributed by atoms with Gasteiger partial charge in [0.15, 0.2) is 5.75 Å². The fourth-order valence-electron chi connectivity index (χ4n) is 2.83. The number of carboxylic acids is 1. The van der Waals surface area contributed by atoms with Crippen LogP contribution in [0.1, 0.15) is 37.6 Å². The minimum absolute atomic E-state index is 0.251. The van der Waals surface area contributed by atoms with Gasteiger partial charge in [-0.15, -0.1) is 0 Å². The molecule has 0 saturated heterocycles. The third kappa shape index (κ3) is 2.53. The lowest BCUT2D eigenvalue weighted by atomic mass is 9.98. The zero-order valence-corrected chi connectivity index (χ0v) is 11.7. The van der Waals surface area contributed by atoms with Gasteiger partial charge in [0.2, 0.25) is 0 Å². The van der Waals surface area contributed by atoms with E-state index >= 15 is 0 Å². The molecule has 1 N–H and O–H groups in total. The van der Waals surface area contributed by atoms with E-state index in [2.05, 4.69) is 25.7 Å². The third-order valence-electron chi connectivity index (χ3n) is 3.70. The second-order valence-corrected chi connectivity index (χ2v) is 5.22. The van der Waals surface area contributed by atoms with Crippen LogP contribution < -0.4 is 9.64 Å². The van der Waals surface area contributed by atoms with E-state index in [4.69, 9.17) is 4.74 Å². The van der Waals surface area contributed by atoms with E-state index in [1.807, 2.05) is 6.07 Å². The molecule has 0 saturated carbocycles. The summed E-state index contributed by atoms with van der Waals surface area (Å²) in [7, 11) is 0. The molecule has 0 aliphatic carbocycles. The topological polar surface area (TPSA) is 49.8 Å². The zero-order valence-electron chi connectivity index (χ0n) is 11.7. The third-order valence-corrected chi connectivity index (χ3v) is 3.70. The van der Waals surface area contributed by atoms with Gasteiger partial charge < -0.3 is 14.7 Å². The highest BCUT2D eigenvalue weighted by atomic mass is 16.5. The van der Waals surface area contributed by atoms with Gasteiger partial charge in [0.1, 0.15) is 12.2 Å². The van der Waals surface area contributed by atoms with Gasteiger partial charge in [-0.25, -0.2) is 4.79 Å². The standard InChI is InChI=1S/C15H21NO3/c1-4-12(10(2)3)16-8-9-19-14-11(15(17)18)6-5-7-13(14)16/h5-7,10,12H,4,8-9H2,1-3H3,(H,17,18). The van der Waals surface area contributed by atoms with Crippen LogP contribution in [0.4, 0.5) is 5.69 Å². The molecule has 0 amide bonds. The first-order chi connectivity index (χ1) is 9.06. The first-order valence-corrected chi connectivity index (χ1v) is 6.82. The van der Waals surface area contributed by atoms with Crippen molar-refractivity contribution in [3.63, 3.8) is 0 Å². The summed E-state index contributed by atoms with van der Waals surface area (Å²) in [5.74, 6) is 0.0982. The van der Waals surface area contributed by atoms with Crippen LogP contribution in [-0.2, 0) is 0 Å². The van der Waals surface area contributed by atoms with E-state index in [-0.39, 0.29) is 5.56 Å². The Hall–Kier alpha value is -1.71. The van der Waals surface area contributed by atoms with Crippen molar-refractivity contribution in [3.8, 4) is 5.75 Å². The van der Waals surface area contributed by atoms with Crippen LogP contribution in [-0.4, -0.2) is 30.3 Å². The lowest BCUT2D eigenvalue weighted by molar-refractivity contribution is 0.0692. The molecule has 1 aromatic carbocycles. The van der Waals surface area contributed by atoms with Gasteiger partial charge in [-0.3, -0.25) is 0 Å². The summed E-state index contributed by atoms with van der Waals surface area (Å²) in [6, 6.07) is 5.75. The van der Waals surface area contributed by atoms with Crippen LogP contribution in [0.2, 0.25) is 0 Å². The summed E-state index contributed by atoms with van der Waals surface area (Å²) in [6.07, 6.45) is 1.04. The Morgan fingerprint density at radius 2 is 2.21 bits per heavy atom. The SMILES string of the molecule is CCC(C(C)C)N1CCOc2c(C(=O)O)cccc21. The maximum Gasteiger partial charge on any atom is 0.339 e. The van der Waals surface area contributed by atoms with Crippen molar-refractivity contribution in [1.82, 2.24) is 0 Å². The van der Waals surface area contributed by atoms with Crippen molar-refractivity contribution in [2.24, 2.45) is 5.92 Å². The normalized spacial score (nSPS) is 15.9. The lowest BCUT2D eigenvalue weighted by Crippen LogP contribution is -2.43. The number of para-hydroxylation sites is 1. The number of nitrogens with zero attached hydrogens (tertiary/aromatic N) is 1. The molecule has 1 aliphatic rings. The number of rotatable bonds is 4. The van der Waals surface area contributed by atoms with Crippen molar-refractivity contribution in [2.45, 2.75) is 33.2 Å². The molecule has 1 aromatic rings. The summed E-state index contributed by atoms with van der Waals surface area (Å²) in [6.45, 7) is 7.92. The number of carbonyl (C=O) groups is 1. The van der Waals surface area contributed by atoms with Gasteiger partial charge in [-0.1, -0.05) is 26.8 Å². The molecule has 0 bridgehead atoms. The fourth-order valence-corrected chi connectivity index (χ4v) is 2.83. The first kappa shape index (κ1) is 13.7. The number of hydrogen-bond donors (Lipinski definition) is 1. The summed E-state index contributed by atoms with van der Waals surface area (Å²) in [4.78, 5) is 13.5. The Balaban J connectivity index is 2.45. The maximum atomic E-state index is 11.3. The Labute approximate surface area is 114 Å². The highest BCUT2D eigenvalue weighted by molar-refractivity contribution is 5.93. The van der Waals surface area contributed by atoms with Crippen molar-refractivity contribution >= 4 is 11.7 Å². The number of ether oxygens (including phenoxy) is 1. The molecule has 2 rings (SSSR count). The van der Waals surface area contributed by atoms with Crippen molar-refractivity contribution in [3.05, 3.63) is 23.8 Å². The average molecular weight is 263 g/mol. The molecule has 4 heteroatoms. The molecule has 19 heavy (non-hydrogen) atoms. The van der Waals surface area contributed by atoms with Crippen molar-refractivity contribution in [2.75, 3.05) is 18.1 Å². The van der Waals surface area contributed by atoms with Gasteiger partial charge in [0.25, 0.3) is 0 Å². The number of aromatic carboxylic acids is 1. The molecular formula is C15H21NO3. The van der Waals surface area contributed by atoms with Gasteiger partial charge in [0.05, 0.1) is 12.2 Å². The van der Waals surface area contributed by atoms with Gasteiger partial charge in [-0.2, -0.15) is 0 Å². The number of hydrogen-bond acceptors (Lipinski definition) is 3. The molecule has 1 atom stereocenters. The number of fused-ring (bicyclic) bond motifs is 1. The minimum Gasteiger partial charge on any atom is -0.489 e. The first-order valence-electron chi connectivity index (χ1n) is 6.82. The number of anilines is 1. The molecule has 1 heterocycles. The Morgan fingerprint density at radius 1 is 1.47 bits per heavy atom. The lowest BCUT2D eigenvalue weighted by Gasteiger charge is -2.39. The Bertz CT molecular complexity index is 470. The summed E-state index contributed by atoms with van der Waals surface area (Å²) in [5, 5.41) is 9.23. The van der Waals surface area contributed by atoms with Crippen LogP contribution in [0, 0.1) is 5.92 Å². The van der Waals surface area contributed by atoms with Gasteiger partial charge in [-0.05, 0) is 24.5 Å². The Morgan fingerprint density at radius 3 is 2.79 bits per heavy atom. The van der Waals surface area contributed by atoms with Crippen LogP contribution >= 0.6 is 0 Å². The zero-order chi connectivity index (χ0) is 14.0. The number of carboxylic acid groups (broad SMARTS) is 1. The molecule has 0 aromatic heterocycles. The molecule has 104 valence electrons. The highest BCUT2D eigenvalue weighted by Crippen LogP contribution is 2.37. The summed E-state index contributed by atoms with van der Waals surface area (Å²) < 4.78 is 5.60. The van der Waals surface area contributed by atoms with E-state index in [0.717, 1.165) is 18.7 Å². The number of benzene rings is 1. The summed E-state index contributed by atoms with van der Waals surface area (Å²) >= 11 is 0. The molecule has 0 spiro atoms. The van der Waals surface area contributed by atoms with Gasteiger partial charge in [0, 0.05) is 6.04 Å². The van der Waals surface area contributed by atoms with E-state index in [0.29, 0.717) is 24.3 Å². The van der Waals surface area contributed by atoms with Crippen LogP contribution in [0.25, 0.3) is 0 Å². The largest absolute Gasteiger partial charge is 0.489 e. The fraction of sp³-hybridized carbons (Fsp3) is 0.533. The van der Waals surface area contributed by atoms with Gasteiger partial charge >= 0.3 is 5.97 Å². The second kappa shape index (κ2) is 5.51. The monoisotopic (exact) mass is 263 g/mol. The van der Waals surface area contributed by atoms with E-state index in [1.54, 1.807) is 12.1 Å². The van der Waals surface area contributed by atoms with E-state index < -0.39 is 5.97 Å². The minimum atomic E-state index is -0.934. The van der Waals surface area contributed by atoms with Crippen molar-refractivity contribution in [1.29, 1.82) is 0 Å². The van der Waals surface area contributed by atoms with Crippen LogP contribution in [0.3, 0.4) is 0 Å². The summed E-state index contributed by atoms with van der Waals surface area (Å²) in [5.41, 5.74) is 1.16. The van der Waals surface area contributed by atoms with Crippen molar-refractivity contribution < 1.29 is 14.6 Å². The molecule has 0 radical (unpaired) electrons. The molecular weight excluding hydrogens is 242 g/mol. The quantitative estimate of drug-likeness (QED) is 0.907. The molecule has 1 aliphatic heterocycles. The van der Waals surface area contributed by atoms with E-state index in [9.17, 15) is 9.90 Å². The van der Waals surface area contributed by atoms with E-state index in [1.165, 1.54) is 0 Å². The Kier molecular flexibility index (Phi) is 3.98. The van der Waals surface area contributed by atoms with Crippen LogP contribution in [0.5, 0.6) is 5.75 Å². The predicted molar refractivity (Wildman–Crippen MR) is 75.2 cm³/mol. The molecule has 4 nitrogen and oxygen atoms in total. The second-order valence-electron chi connectivity index (χ2n) is 5.22. The molecule has 1 unspecified atom stereocenters. The molecule has 0 fully saturated rings. The average Bonchev–Trinajstić information content (AvgIpc) is 2.38. The van der Waals surface area contributed by atoms with Crippen LogP contribution in [0.15, 0.2) is 18.2 Å². The predicted octanol–water partition coefficient (Wildman–Crippen LogP) is 3.02. The maximum absolute atomic E-state index is 11.3.